The molecule has 0 aliphatic heterocycles. The van der Waals surface area contributed by atoms with Gasteiger partial charge in [0.15, 0.2) is 0 Å². The second-order valence-electron chi connectivity index (χ2n) is 4.36. The Balaban J connectivity index is 2.63. The normalized spacial score (nSPS) is 12.1. The van der Waals surface area contributed by atoms with E-state index in [1.165, 1.54) is 7.11 Å². The molecule has 0 amide bonds. The van der Waals surface area contributed by atoms with Gasteiger partial charge in [-0.25, -0.2) is 0 Å². The van der Waals surface area contributed by atoms with E-state index < -0.39 is 0 Å². The lowest BCUT2D eigenvalue weighted by Crippen LogP contribution is -2.27. The molecule has 18 heavy (non-hydrogen) atoms. The first-order chi connectivity index (χ1) is 8.58. The predicted octanol–water partition coefficient (Wildman–Crippen LogP) is 2.52. The molecule has 4 heteroatoms. The van der Waals surface area contributed by atoms with Gasteiger partial charge in [0.1, 0.15) is 18.1 Å². The van der Waals surface area contributed by atoms with Crippen LogP contribution in [0.2, 0.25) is 0 Å². The predicted molar refractivity (Wildman–Crippen MR) is 68.8 cm³/mol. The number of esters is 1. The number of methoxy groups -OCH3 is 2. The number of hydrogen-bond donors (Lipinski definition) is 0. The van der Waals surface area contributed by atoms with Crippen molar-refractivity contribution in [1.82, 2.24) is 0 Å². The van der Waals surface area contributed by atoms with Gasteiger partial charge in [-0.05, 0) is 18.1 Å². The van der Waals surface area contributed by atoms with E-state index in [9.17, 15) is 4.79 Å². The number of ether oxygens (including phenoxy) is 3. The first-order valence-corrected chi connectivity index (χ1v) is 5.93. The van der Waals surface area contributed by atoms with Gasteiger partial charge < -0.3 is 14.2 Å². The lowest BCUT2D eigenvalue weighted by Gasteiger charge is -2.18. The largest absolute Gasteiger partial charge is 0.497 e. The fourth-order valence-electron chi connectivity index (χ4n) is 1.56. The summed E-state index contributed by atoms with van der Waals surface area (Å²) in [5, 5.41) is 0. The highest BCUT2D eigenvalue weighted by Crippen LogP contribution is 2.21. The number of hydrogen-bond acceptors (Lipinski definition) is 4. The van der Waals surface area contributed by atoms with Crippen molar-refractivity contribution in [3.05, 3.63) is 24.3 Å². The minimum absolute atomic E-state index is 0.169. The quantitative estimate of drug-likeness (QED) is 0.730. The van der Waals surface area contributed by atoms with Crippen LogP contribution in [-0.2, 0) is 9.53 Å². The third kappa shape index (κ3) is 3.95. The van der Waals surface area contributed by atoms with Crippen LogP contribution in [0.1, 0.15) is 13.8 Å². The van der Waals surface area contributed by atoms with Crippen LogP contribution in [0.3, 0.4) is 0 Å². The molecule has 0 heterocycles. The summed E-state index contributed by atoms with van der Waals surface area (Å²) in [5.41, 5.74) is 0. The summed E-state index contributed by atoms with van der Waals surface area (Å²) in [7, 11) is 2.99. The maximum absolute atomic E-state index is 11.6. The Hall–Kier alpha value is -1.71. The summed E-state index contributed by atoms with van der Waals surface area (Å²) in [4.78, 5) is 11.6. The summed E-state index contributed by atoms with van der Waals surface area (Å²) in [6, 6.07) is 7.30. The molecule has 0 saturated heterocycles. The highest BCUT2D eigenvalue weighted by Gasteiger charge is 2.23. The van der Waals surface area contributed by atoms with Crippen molar-refractivity contribution in [2.24, 2.45) is 11.8 Å². The zero-order valence-corrected chi connectivity index (χ0v) is 11.3. The van der Waals surface area contributed by atoms with Gasteiger partial charge in [0.05, 0.1) is 20.1 Å². The third-order valence-electron chi connectivity index (χ3n) is 2.78. The summed E-state index contributed by atoms with van der Waals surface area (Å²) in [6.45, 7) is 4.24. The summed E-state index contributed by atoms with van der Waals surface area (Å²) in [5.74, 6) is 1.08. The molecule has 1 aromatic rings. The number of carbonyl (C=O) groups excluding carboxylic acids is 1. The number of benzene rings is 1. The zero-order chi connectivity index (χ0) is 13.5. The monoisotopic (exact) mass is 252 g/mol. The lowest BCUT2D eigenvalue weighted by molar-refractivity contribution is -0.148. The molecule has 0 N–H and O–H groups in total. The average molecular weight is 252 g/mol. The molecule has 0 bridgehead atoms. The Morgan fingerprint density at radius 3 is 2.44 bits per heavy atom. The molecule has 4 nitrogen and oxygen atoms in total. The summed E-state index contributed by atoms with van der Waals surface area (Å²) >= 11 is 0. The van der Waals surface area contributed by atoms with Crippen LogP contribution in [0, 0.1) is 11.8 Å². The topological polar surface area (TPSA) is 44.8 Å². The van der Waals surface area contributed by atoms with Gasteiger partial charge in [0.2, 0.25) is 0 Å². The first-order valence-electron chi connectivity index (χ1n) is 5.93. The van der Waals surface area contributed by atoms with Gasteiger partial charge in [0, 0.05) is 6.07 Å². The maximum atomic E-state index is 11.6. The van der Waals surface area contributed by atoms with Gasteiger partial charge >= 0.3 is 5.97 Å². The first kappa shape index (κ1) is 14.4. The number of rotatable bonds is 6. The van der Waals surface area contributed by atoms with Crippen molar-refractivity contribution in [1.29, 1.82) is 0 Å². The molecule has 1 rings (SSSR count). The van der Waals surface area contributed by atoms with Gasteiger partial charge in [-0.15, -0.1) is 0 Å². The van der Waals surface area contributed by atoms with Gasteiger partial charge in [0.25, 0.3) is 0 Å². The molecule has 1 aromatic carbocycles. The van der Waals surface area contributed by atoms with Crippen LogP contribution in [0.5, 0.6) is 11.5 Å². The van der Waals surface area contributed by atoms with E-state index in [0.29, 0.717) is 12.4 Å². The molecule has 0 fully saturated rings. The van der Waals surface area contributed by atoms with Crippen LogP contribution >= 0.6 is 0 Å². The lowest BCUT2D eigenvalue weighted by atomic mass is 9.97. The molecular weight excluding hydrogens is 232 g/mol. The van der Waals surface area contributed by atoms with Crippen molar-refractivity contribution in [2.45, 2.75) is 13.8 Å². The molecule has 0 radical (unpaired) electrons. The minimum Gasteiger partial charge on any atom is -0.497 e. The number of carbonyl (C=O) groups is 1. The van der Waals surface area contributed by atoms with Crippen molar-refractivity contribution < 1.29 is 19.0 Å². The third-order valence-corrected chi connectivity index (χ3v) is 2.78. The smallest absolute Gasteiger partial charge is 0.312 e. The average Bonchev–Trinajstić information content (AvgIpc) is 2.38. The second-order valence-corrected chi connectivity index (χ2v) is 4.36. The fraction of sp³-hybridized carbons (Fsp3) is 0.500. The molecule has 1 atom stereocenters. The Morgan fingerprint density at radius 2 is 1.89 bits per heavy atom. The van der Waals surface area contributed by atoms with Gasteiger partial charge in [-0.2, -0.15) is 0 Å². The molecule has 0 spiro atoms. The van der Waals surface area contributed by atoms with E-state index in [1.807, 2.05) is 32.0 Å². The summed E-state index contributed by atoms with van der Waals surface area (Å²) < 4.78 is 15.5. The standard InChI is InChI=1S/C14H20O4/c1-10(2)13(14(15)17-4)9-18-12-7-5-6-11(8-12)16-3/h5-8,10,13H,9H2,1-4H3. The zero-order valence-electron chi connectivity index (χ0n) is 11.3. The van der Waals surface area contributed by atoms with E-state index in [4.69, 9.17) is 14.2 Å². The van der Waals surface area contributed by atoms with Crippen LogP contribution in [-0.4, -0.2) is 26.8 Å². The molecule has 0 saturated carbocycles. The molecule has 0 aromatic heterocycles. The van der Waals surface area contributed by atoms with Crippen LogP contribution < -0.4 is 9.47 Å². The summed E-state index contributed by atoms with van der Waals surface area (Å²) in [6.07, 6.45) is 0. The van der Waals surface area contributed by atoms with Crippen molar-refractivity contribution >= 4 is 5.97 Å². The van der Waals surface area contributed by atoms with E-state index in [0.717, 1.165) is 5.75 Å². The highest BCUT2D eigenvalue weighted by atomic mass is 16.5. The molecular formula is C14H20O4. The van der Waals surface area contributed by atoms with E-state index in [1.54, 1.807) is 13.2 Å². The minimum atomic E-state index is -0.263. The second kappa shape index (κ2) is 6.89. The highest BCUT2D eigenvalue weighted by molar-refractivity contribution is 5.72. The van der Waals surface area contributed by atoms with Crippen LogP contribution in [0.4, 0.5) is 0 Å². The molecule has 0 aliphatic carbocycles. The fourth-order valence-corrected chi connectivity index (χ4v) is 1.56. The SMILES string of the molecule is COC(=O)C(COc1cccc(OC)c1)C(C)C. The Labute approximate surface area is 108 Å². The molecule has 1 unspecified atom stereocenters. The molecule has 0 aliphatic rings. The van der Waals surface area contributed by atoms with Crippen molar-refractivity contribution in [3.8, 4) is 11.5 Å². The Bertz CT molecular complexity index is 387. The van der Waals surface area contributed by atoms with E-state index in [2.05, 4.69) is 0 Å². The van der Waals surface area contributed by atoms with Crippen LogP contribution in [0.25, 0.3) is 0 Å². The van der Waals surface area contributed by atoms with Crippen LogP contribution in [0.15, 0.2) is 24.3 Å². The van der Waals surface area contributed by atoms with Crippen molar-refractivity contribution in [2.75, 3.05) is 20.8 Å². The Morgan fingerprint density at radius 1 is 1.22 bits per heavy atom. The van der Waals surface area contributed by atoms with Gasteiger partial charge in [-0.3, -0.25) is 4.79 Å². The maximum Gasteiger partial charge on any atom is 0.312 e. The van der Waals surface area contributed by atoms with Gasteiger partial charge in [-0.1, -0.05) is 19.9 Å². The van der Waals surface area contributed by atoms with E-state index >= 15 is 0 Å². The van der Waals surface area contributed by atoms with E-state index in [-0.39, 0.29) is 17.8 Å². The van der Waals surface area contributed by atoms with Crippen molar-refractivity contribution in [3.63, 3.8) is 0 Å². The Kier molecular flexibility index (Phi) is 5.49. The molecule has 100 valence electrons.